The number of hydrogen-bond acceptors (Lipinski definition) is 4. The predicted octanol–water partition coefficient (Wildman–Crippen LogP) is 3.70. The van der Waals surface area contributed by atoms with E-state index in [0.29, 0.717) is 0 Å². The van der Waals surface area contributed by atoms with Gasteiger partial charge in [-0.05, 0) is 28.1 Å². The molecule has 0 atom stereocenters. The van der Waals surface area contributed by atoms with E-state index in [-0.39, 0.29) is 0 Å². The minimum absolute atomic E-state index is 0.851. The molecule has 102 valence electrons. The Balaban J connectivity index is 1.61. The smallest absolute Gasteiger partial charge is 0.153 e. The van der Waals surface area contributed by atoms with Gasteiger partial charge in [-0.2, -0.15) is 5.10 Å². The maximum atomic E-state index is 4.37. The minimum Gasteiger partial charge on any atom is -0.367 e. The number of nitrogens with one attached hydrogen (secondary N) is 1. The third-order valence-electron chi connectivity index (χ3n) is 2.79. The van der Waals surface area contributed by atoms with E-state index in [0.717, 1.165) is 28.1 Å². The normalized spacial score (nSPS) is 10.8. The molecule has 0 aliphatic carbocycles. The zero-order valence-corrected chi connectivity index (χ0v) is 13.1. The lowest BCUT2D eigenvalue weighted by Gasteiger charge is -2.07. The second kappa shape index (κ2) is 6.28. The highest BCUT2D eigenvalue weighted by atomic mass is 79.9. The zero-order valence-electron chi connectivity index (χ0n) is 10.7. The molecule has 4 nitrogen and oxygen atoms in total. The van der Waals surface area contributed by atoms with Gasteiger partial charge in [0.2, 0.25) is 0 Å². The van der Waals surface area contributed by atoms with E-state index < -0.39 is 0 Å². The van der Waals surface area contributed by atoms with Crippen LogP contribution < -0.4 is 5.32 Å². The van der Waals surface area contributed by atoms with Crippen molar-refractivity contribution in [2.75, 3.05) is 17.6 Å². The quantitative estimate of drug-likeness (QED) is 0.563. The average molecular weight is 349 g/mol. The number of hydrogen-bond donors (Lipinski definition) is 1. The van der Waals surface area contributed by atoms with Crippen LogP contribution in [0.1, 0.15) is 0 Å². The lowest BCUT2D eigenvalue weighted by Crippen LogP contribution is -2.07. The fraction of sp³-hybridized carbons (Fsp3) is 0.143. The summed E-state index contributed by atoms with van der Waals surface area (Å²) < 4.78 is 2.76. The fourth-order valence-electron chi connectivity index (χ4n) is 1.89. The number of rotatable bonds is 5. The highest BCUT2D eigenvalue weighted by Crippen LogP contribution is 2.23. The molecule has 0 saturated carbocycles. The van der Waals surface area contributed by atoms with Gasteiger partial charge in [-0.1, -0.05) is 18.2 Å². The Morgan fingerprint density at radius 3 is 2.95 bits per heavy atom. The molecule has 2 heterocycles. The number of nitrogens with zero attached hydrogens (tertiary/aromatic N) is 3. The summed E-state index contributed by atoms with van der Waals surface area (Å²) in [6.07, 6.45) is 5.37. The number of anilines is 1. The first-order valence-electron chi connectivity index (χ1n) is 6.24. The van der Waals surface area contributed by atoms with Gasteiger partial charge >= 0.3 is 0 Å². The standard InChI is InChI=1S/C14H13BrN4S/c15-12-10-18-19-8-6-16-14(13(12)19)17-7-9-20-11-4-2-1-3-5-11/h1-6,8,10H,7,9H2,(H,16,17). The van der Waals surface area contributed by atoms with Crippen molar-refractivity contribution in [3.63, 3.8) is 0 Å². The Bertz CT molecular complexity index is 699. The minimum atomic E-state index is 0.851. The monoisotopic (exact) mass is 348 g/mol. The molecule has 20 heavy (non-hydrogen) atoms. The Kier molecular flexibility index (Phi) is 4.22. The topological polar surface area (TPSA) is 42.2 Å². The van der Waals surface area contributed by atoms with Crippen LogP contribution in [0.5, 0.6) is 0 Å². The molecule has 0 bridgehead atoms. The SMILES string of the molecule is Brc1cnn2ccnc(NCCSc3ccccc3)c12. The molecule has 0 fully saturated rings. The lowest BCUT2D eigenvalue weighted by atomic mass is 10.4. The second-order valence-corrected chi connectivity index (χ2v) is 6.17. The Hall–Kier alpha value is -1.53. The average Bonchev–Trinajstić information content (AvgIpc) is 2.87. The summed E-state index contributed by atoms with van der Waals surface area (Å²) in [4.78, 5) is 5.66. The van der Waals surface area contributed by atoms with Crippen LogP contribution in [-0.4, -0.2) is 26.9 Å². The maximum absolute atomic E-state index is 4.37. The molecular formula is C14H13BrN4S. The first-order valence-corrected chi connectivity index (χ1v) is 8.02. The van der Waals surface area contributed by atoms with Crippen LogP contribution in [0.4, 0.5) is 5.82 Å². The van der Waals surface area contributed by atoms with Gasteiger partial charge in [-0.25, -0.2) is 9.50 Å². The molecule has 0 aliphatic heterocycles. The summed E-state index contributed by atoms with van der Waals surface area (Å²) in [6.45, 7) is 0.851. The predicted molar refractivity (Wildman–Crippen MR) is 86.3 cm³/mol. The van der Waals surface area contributed by atoms with Crippen molar-refractivity contribution in [1.29, 1.82) is 0 Å². The fourth-order valence-corrected chi connectivity index (χ4v) is 3.14. The van der Waals surface area contributed by atoms with Crippen LogP contribution in [-0.2, 0) is 0 Å². The maximum Gasteiger partial charge on any atom is 0.153 e. The van der Waals surface area contributed by atoms with E-state index in [1.54, 1.807) is 12.4 Å². The molecule has 0 radical (unpaired) electrons. The Morgan fingerprint density at radius 2 is 2.10 bits per heavy atom. The van der Waals surface area contributed by atoms with Gasteiger partial charge in [-0.15, -0.1) is 11.8 Å². The van der Waals surface area contributed by atoms with E-state index in [9.17, 15) is 0 Å². The van der Waals surface area contributed by atoms with Crippen LogP contribution >= 0.6 is 27.7 Å². The summed E-state index contributed by atoms with van der Waals surface area (Å²) in [7, 11) is 0. The highest BCUT2D eigenvalue weighted by Gasteiger charge is 2.07. The molecule has 2 aromatic heterocycles. The van der Waals surface area contributed by atoms with Crippen molar-refractivity contribution in [3.8, 4) is 0 Å². The van der Waals surface area contributed by atoms with Gasteiger partial charge in [0.05, 0.1) is 10.7 Å². The molecule has 3 rings (SSSR count). The summed E-state index contributed by atoms with van der Waals surface area (Å²) in [5.41, 5.74) is 0.970. The Labute approximate surface area is 129 Å². The summed E-state index contributed by atoms with van der Waals surface area (Å²) in [5.74, 6) is 1.84. The van der Waals surface area contributed by atoms with Crippen molar-refractivity contribution >= 4 is 39.0 Å². The molecular weight excluding hydrogens is 336 g/mol. The van der Waals surface area contributed by atoms with Crippen molar-refractivity contribution in [3.05, 3.63) is 53.4 Å². The van der Waals surface area contributed by atoms with Gasteiger partial charge in [-0.3, -0.25) is 0 Å². The van der Waals surface area contributed by atoms with Crippen LogP contribution in [0.2, 0.25) is 0 Å². The first kappa shape index (κ1) is 13.5. The lowest BCUT2D eigenvalue weighted by molar-refractivity contribution is 0.944. The number of aromatic nitrogens is 3. The number of thioether (sulfide) groups is 1. The molecule has 3 aromatic rings. The number of halogens is 1. The van der Waals surface area contributed by atoms with Crippen molar-refractivity contribution in [2.45, 2.75) is 4.90 Å². The third kappa shape index (κ3) is 2.96. The number of fused-ring (bicyclic) bond motifs is 1. The summed E-state index contributed by atoms with van der Waals surface area (Å²) >= 11 is 5.32. The van der Waals surface area contributed by atoms with Gasteiger partial charge < -0.3 is 5.32 Å². The van der Waals surface area contributed by atoms with Crippen LogP contribution in [0.3, 0.4) is 0 Å². The second-order valence-electron chi connectivity index (χ2n) is 4.15. The van der Waals surface area contributed by atoms with Gasteiger partial charge in [0, 0.05) is 29.6 Å². The van der Waals surface area contributed by atoms with Crippen LogP contribution in [0, 0.1) is 0 Å². The molecule has 0 amide bonds. The molecule has 0 spiro atoms. The largest absolute Gasteiger partial charge is 0.367 e. The van der Waals surface area contributed by atoms with E-state index >= 15 is 0 Å². The van der Waals surface area contributed by atoms with Gasteiger partial charge in [0.15, 0.2) is 5.82 Å². The molecule has 0 saturated heterocycles. The Morgan fingerprint density at radius 1 is 1.25 bits per heavy atom. The van der Waals surface area contributed by atoms with Gasteiger partial charge in [0.25, 0.3) is 0 Å². The summed E-state index contributed by atoms with van der Waals surface area (Å²) in [5, 5.41) is 7.60. The molecule has 0 unspecified atom stereocenters. The summed E-state index contributed by atoms with van der Waals surface area (Å²) in [6, 6.07) is 10.4. The molecule has 0 aliphatic rings. The van der Waals surface area contributed by atoms with E-state index in [1.807, 2.05) is 28.5 Å². The van der Waals surface area contributed by atoms with Crippen LogP contribution in [0.25, 0.3) is 5.52 Å². The zero-order chi connectivity index (χ0) is 13.8. The van der Waals surface area contributed by atoms with Crippen LogP contribution in [0.15, 0.2) is 58.3 Å². The first-order chi connectivity index (χ1) is 9.84. The van der Waals surface area contributed by atoms with Crippen molar-refractivity contribution in [2.24, 2.45) is 0 Å². The van der Waals surface area contributed by atoms with E-state index in [1.165, 1.54) is 4.90 Å². The molecule has 6 heteroatoms. The third-order valence-corrected chi connectivity index (χ3v) is 4.39. The highest BCUT2D eigenvalue weighted by molar-refractivity contribution is 9.10. The van der Waals surface area contributed by atoms with Crippen molar-refractivity contribution < 1.29 is 0 Å². The molecule has 1 N–H and O–H groups in total. The number of benzene rings is 1. The molecule has 1 aromatic carbocycles. The van der Waals surface area contributed by atoms with E-state index in [2.05, 4.69) is 55.6 Å². The van der Waals surface area contributed by atoms with Gasteiger partial charge in [0.1, 0.15) is 5.52 Å². The van der Waals surface area contributed by atoms with Crippen molar-refractivity contribution in [1.82, 2.24) is 14.6 Å². The van der Waals surface area contributed by atoms with E-state index in [4.69, 9.17) is 0 Å².